The number of hydrogen-bond acceptors (Lipinski definition) is 1. The maximum atomic E-state index is 2.27. The topological polar surface area (TPSA) is 0 Å². The number of thioether (sulfide) groups is 1. The van der Waals surface area contributed by atoms with Crippen molar-refractivity contribution < 1.29 is 0 Å². The van der Waals surface area contributed by atoms with Crippen molar-refractivity contribution in [3.05, 3.63) is 11.5 Å². The van der Waals surface area contributed by atoms with Gasteiger partial charge in [-0.1, -0.05) is 38.7 Å². The van der Waals surface area contributed by atoms with Gasteiger partial charge in [-0.25, -0.2) is 0 Å². The quantitative estimate of drug-likeness (QED) is 0.518. The average Bonchev–Trinajstić information content (AvgIpc) is 2.03. The first kappa shape index (κ1) is 11.1. The Labute approximate surface area is 75.5 Å². The Morgan fingerprint density at radius 2 is 1.82 bits per heavy atom. The highest BCUT2D eigenvalue weighted by Crippen LogP contribution is 2.06. The van der Waals surface area contributed by atoms with Gasteiger partial charge in [0.25, 0.3) is 0 Å². The van der Waals surface area contributed by atoms with E-state index in [9.17, 15) is 0 Å². The molecular weight excluding hydrogens is 152 g/mol. The summed E-state index contributed by atoms with van der Waals surface area (Å²) in [6.07, 6.45) is 12.6. The van der Waals surface area contributed by atoms with E-state index >= 15 is 0 Å². The largest absolute Gasteiger partial charge is 0.138 e. The van der Waals surface area contributed by atoms with E-state index in [-0.39, 0.29) is 0 Å². The van der Waals surface area contributed by atoms with E-state index in [1.54, 1.807) is 11.8 Å². The second kappa shape index (κ2) is 10.1. The highest BCUT2D eigenvalue weighted by Gasteiger charge is 1.85. The molecule has 0 aromatic carbocycles. The lowest BCUT2D eigenvalue weighted by molar-refractivity contribution is 0.637. The predicted octanol–water partition coefficient (Wildman–Crippen LogP) is 4.22. The molecule has 0 atom stereocenters. The van der Waals surface area contributed by atoms with Crippen molar-refractivity contribution in [2.24, 2.45) is 0 Å². The molecule has 0 saturated heterocycles. The summed E-state index contributed by atoms with van der Waals surface area (Å²) in [5.41, 5.74) is 0. The first-order chi connectivity index (χ1) is 5.41. The lowest BCUT2D eigenvalue weighted by atomic mass is 10.1. The minimum Gasteiger partial charge on any atom is -0.138 e. The molecule has 0 aliphatic carbocycles. The van der Waals surface area contributed by atoms with Crippen LogP contribution in [-0.2, 0) is 0 Å². The Kier molecular flexibility index (Phi) is 10.2. The fourth-order valence-corrected chi connectivity index (χ4v) is 1.36. The van der Waals surface area contributed by atoms with Gasteiger partial charge in [0, 0.05) is 0 Å². The molecule has 0 nitrogen and oxygen atoms in total. The van der Waals surface area contributed by atoms with Crippen molar-refractivity contribution in [3.63, 3.8) is 0 Å². The molecule has 0 unspecified atom stereocenters. The van der Waals surface area contributed by atoms with E-state index in [1.807, 2.05) is 0 Å². The van der Waals surface area contributed by atoms with Crippen molar-refractivity contribution in [2.75, 3.05) is 6.26 Å². The maximum Gasteiger partial charge on any atom is -0.0142 e. The van der Waals surface area contributed by atoms with Gasteiger partial charge in [0.2, 0.25) is 0 Å². The molecule has 0 N–H and O–H groups in total. The van der Waals surface area contributed by atoms with Crippen LogP contribution in [0.15, 0.2) is 11.5 Å². The minimum absolute atomic E-state index is 1.27. The third-order valence-electron chi connectivity index (χ3n) is 1.71. The third kappa shape index (κ3) is 10.1. The molecule has 0 aromatic rings. The Balaban J connectivity index is 2.85. The van der Waals surface area contributed by atoms with Gasteiger partial charge in [-0.2, -0.15) is 0 Å². The summed E-state index contributed by atoms with van der Waals surface area (Å²) in [6.45, 7) is 2.26. The van der Waals surface area contributed by atoms with Crippen LogP contribution in [0.2, 0.25) is 0 Å². The minimum atomic E-state index is 1.27. The molecule has 0 aromatic heterocycles. The lowest BCUT2D eigenvalue weighted by Crippen LogP contribution is -1.75. The highest BCUT2D eigenvalue weighted by atomic mass is 32.2. The molecule has 0 amide bonds. The van der Waals surface area contributed by atoms with Crippen LogP contribution in [0.25, 0.3) is 0 Å². The van der Waals surface area contributed by atoms with Crippen LogP contribution in [0, 0.1) is 0 Å². The predicted molar refractivity (Wildman–Crippen MR) is 56.0 cm³/mol. The number of hydrogen-bond donors (Lipinski definition) is 0. The van der Waals surface area contributed by atoms with E-state index in [1.165, 1.54) is 38.5 Å². The van der Waals surface area contributed by atoms with Gasteiger partial charge >= 0.3 is 0 Å². The first-order valence-electron chi connectivity index (χ1n) is 4.59. The molecule has 11 heavy (non-hydrogen) atoms. The Morgan fingerprint density at radius 1 is 1.09 bits per heavy atom. The molecule has 0 aliphatic heterocycles. The van der Waals surface area contributed by atoms with Crippen LogP contribution in [0.1, 0.15) is 45.4 Å². The van der Waals surface area contributed by atoms with E-state index in [2.05, 4.69) is 24.7 Å². The first-order valence-corrected chi connectivity index (χ1v) is 5.88. The normalized spacial score (nSPS) is 11.1. The molecule has 0 radical (unpaired) electrons. The SMILES string of the molecule is CCCCCCCC=CSC. The molecule has 0 aliphatic rings. The summed E-state index contributed by atoms with van der Waals surface area (Å²) >= 11 is 1.79. The summed E-state index contributed by atoms with van der Waals surface area (Å²) in [7, 11) is 0. The van der Waals surface area contributed by atoms with Gasteiger partial charge in [-0.3, -0.25) is 0 Å². The summed E-state index contributed by atoms with van der Waals surface area (Å²) in [5.74, 6) is 0. The zero-order chi connectivity index (χ0) is 8.36. The lowest BCUT2D eigenvalue weighted by Gasteiger charge is -1.95. The zero-order valence-electron chi connectivity index (χ0n) is 7.81. The monoisotopic (exact) mass is 172 g/mol. The van der Waals surface area contributed by atoms with Crippen molar-refractivity contribution in [1.82, 2.24) is 0 Å². The van der Waals surface area contributed by atoms with E-state index in [0.717, 1.165) is 0 Å². The summed E-state index contributed by atoms with van der Waals surface area (Å²) in [5, 5.41) is 2.18. The highest BCUT2D eigenvalue weighted by molar-refractivity contribution is 8.01. The summed E-state index contributed by atoms with van der Waals surface area (Å²) in [4.78, 5) is 0. The van der Waals surface area contributed by atoms with Crippen molar-refractivity contribution in [1.29, 1.82) is 0 Å². The van der Waals surface area contributed by atoms with Gasteiger partial charge < -0.3 is 0 Å². The summed E-state index contributed by atoms with van der Waals surface area (Å²) < 4.78 is 0. The number of unbranched alkanes of at least 4 members (excludes halogenated alkanes) is 5. The van der Waals surface area contributed by atoms with E-state index < -0.39 is 0 Å². The summed E-state index contributed by atoms with van der Waals surface area (Å²) in [6, 6.07) is 0. The molecule has 0 spiro atoms. The standard InChI is InChI=1S/C10H20S/c1-3-4-5-6-7-8-9-10-11-2/h9-10H,3-8H2,1-2H3. The average molecular weight is 172 g/mol. The van der Waals surface area contributed by atoms with Gasteiger partial charge in [-0.05, 0) is 24.5 Å². The van der Waals surface area contributed by atoms with E-state index in [4.69, 9.17) is 0 Å². The van der Waals surface area contributed by atoms with Crippen LogP contribution in [0.3, 0.4) is 0 Å². The van der Waals surface area contributed by atoms with Crippen LogP contribution in [0.5, 0.6) is 0 Å². The molecule has 1 heteroatoms. The Morgan fingerprint density at radius 3 is 2.45 bits per heavy atom. The fourth-order valence-electron chi connectivity index (χ4n) is 1.03. The molecule has 0 rings (SSSR count). The molecular formula is C10H20S. The second-order valence-electron chi connectivity index (χ2n) is 2.81. The smallest absolute Gasteiger partial charge is 0.0142 e. The zero-order valence-corrected chi connectivity index (χ0v) is 8.62. The van der Waals surface area contributed by atoms with Crippen molar-refractivity contribution >= 4 is 11.8 Å². The van der Waals surface area contributed by atoms with Gasteiger partial charge in [-0.15, -0.1) is 11.8 Å². The van der Waals surface area contributed by atoms with Gasteiger partial charge in [0.1, 0.15) is 0 Å². The van der Waals surface area contributed by atoms with Gasteiger partial charge in [0.15, 0.2) is 0 Å². The Hall–Kier alpha value is 0.0900. The molecule has 0 fully saturated rings. The van der Waals surface area contributed by atoms with Crippen molar-refractivity contribution in [2.45, 2.75) is 45.4 Å². The number of allylic oxidation sites excluding steroid dienone is 1. The third-order valence-corrected chi connectivity index (χ3v) is 2.17. The van der Waals surface area contributed by atoms with Crippen LogP contribution in [0.4, 0.5) is 0 Å². The van der Waals surface area contributed by atoms with Crippen molar-refractivity contribution in [3.8, 4) is 0 Å². The van der Waals surface area contributed by atoms with Crippen LogP contribution < -0.4 is 0 Å². The molecule has 0 saturated carbocycles. The van der Waals surface area contributed by atoms with Gasteiger partial charge in [0.05, 0.1) is 0 Å². The van der Waals surface area contributed by atoms with E-state index in [0.29, 0.717) is 0 Å². The molecule has 0 heterocycles. The second-order valence-corrected chi connectivity index (χ2v) is 3.55. The molecule has 0 bridgehead atoms. The van der Waals surface area contributed by atoms with Crippen LogP contribution in [-0.4, -0.2) is 6.26 Å². The maximum absolute atomic E-state index is 2.27. The Bertz CT molecular complexity index is 86.9. The molecule has 66 valence electrons. The fraction of sp³-hybridized carbons (Fsp3) is 0.800. The number of rotatable bonds is 7. The van der Waals surface area contributed by atoms with Crippen LogP contribution >= 0.6 is 11.8 Å².